The first kappa shape index (κ1) is 12.4. The molecular weight excluding hydrogens is 239 g/mol. The van der Waals surface area contributed by atoms with Crippen LogP contribution in [0.4, 0.5) is 4.39 Å². The van der Waals surface area contributed by atoms with Crippen LogP contribution in [0.3, 0.4) is 0 Å². The van der Waals surface area contributed by atoms with Crippen molar-refractivity contribution in [3.8, 4) is 0 Å². The summed E-state index contributed by atoms with van der Waals surface area (Å²) in [6, 6.07) is 0. The van der Waals surface area contributed by atoms with Crippen molar-refractivity contribution in [1.29, 1.82) is 0 Å². The van der Waals surface area contributed by atoms with Crippen molar-refractivity contribution in [3.63, 3.8) is 0 Å². The Kier molecular flexibility index (Phi) is 4.47. The molecule has 1 aromatic heterocycles. The molecule has 0 saturated heterocycles. The molecule has 0 bridgehead atoms. The van der Waals surface area contributed by atoms with Crippen LogP contribution in [0.15, 0.2) is 6.20 Å². The smallest absolute Gasteiger partial charge is 0.270 e. The van der Waals surface area contributed by atoms with Gasteiger partial charge in [-0.2, -0.15) is 0 Å². The fourth-order valence-corrected chi connectivity index (χ4v) is 1.92. The van der Waals surface area contributed by atoms with Crippen molar-refractivity contribution in [2.24, 2.45) is 0 Å². The minimum atomic E-state index is -1.98. The van der Waals surface area contributed by atoms with E-state index in [-0.39, 0.29) is 5.92 Å². The first-order valence-corrected chi connectivity index (χ1v) is 5.74. The summed E-state index contributed by atoms with van der Waals surface area (Å²) < 4.78 is 12.3. The number of aryl methyl sites for hydroxylation is 1. The fraction of sp³-hybridized carbons (Fsp3) is 0.556. The third-order valence-electron chi connectivity index (χ3n) is 1.84. The normalized spacial score (nSPS) is 14.7. The lowest BCUT2D eigenvalue weighted by molar-refractivity contribution is -0.123. The number of hydrogen-bond donors (Lipinski definition) is 1. The highest BCUT2D eigenvalue weighted by molar-refractivity contribution is 7.11. The molecule has 0 aliphatic carbocycles. The van der Waals surface area contributed by atoms with Gasteiger partial charge in [0, 0.05) is 23.5 Å². The largest absolute Gasteiger partial charge is 0.352 e. The number of thiazole rings is 1. The number of alkyl halides is 2. The third kappa shape index (κ3) is 3.76. The second-order valence-electron chi connectivity index (χ2n) is 3.26. The molecule has 1 heterocycles. The van der Waals surface area contributed by atoms with Gasteiger partial charge in [0.05, 0.1) is 5.01 Å². The van der Waals surface area contributed by atoms with E-state index in [1.807, 2.05) is 13.8 Å². The van der Waals surface area contributed by atoms with E-state index in [1.165, 1.54) is 0 Å². The Bertz CT molecular complexity index is 343. The summed E-state index contributed by atoms with van der Waals surface area (Å²) in [6.07, 6.45) is 1.78. The van der Waals surface area contributed by atoms with E-state index in [2.05, 4.69) is 10.3 Å². The van der Waals surface area contributed by atoms with E-state index < -0.39 is 11.5 Å². The molecule has 0 saturated carbocycles. The summed E-state index contributed by atoms with van der Waals surface area (Å²) in [5.74, 6) is -0.722. The molecule has 2 unspecified atom stereocenters. The molecule has 1 N–H and O–H groups in total. The molecule has 15 heavy (non-hydrogen) atoms. The van der Waals surface area contributed by atoms with Crippen LogP contribution in [0.25, 0.3) is 0 Å². The van der Waals surface area contributed by atoms with Crippen molar-refractivity contribution >= 4 is 28.8 Å². The summed E-state index contributed by atoms with van der Waals surface area (Å²) in [5, 5.41) is 3.34. The predicted octanol–water partition coefficient (Wildman–Crippen LogP) is 2.21. The average Bonchev–Trinajstić information content (AvgIpc) is 2.60. The molecule has 1 rings (SSSR count). The topological polar surface area (TPSA) is 42.0 Å². The second kappa shape index (κ2) is 5.42. The van der Waals surface area contributed by atoms with Crippen molar-refractivity contribution in [1.82, 2.24) is 10.3 Å². The quantitative estimate of drug-likeness (QED) is 0.833. The fourth-order valence-electron chi connectivity index (χ4n) is 1.02. The number of nitrogens with one attached hydrogen (secondary N) is 1. The molecule has 6 heteroatoms. The van der Waals surface area contributed by atoms with Gasteiger partial charge in [-0.1, -0.05) is 18.5 Å². The van der Waals surface area contributed by atoms with Crippen molar-refractivity contribution in [2.45, 2.75) is 25.4 Å². The molecule has 1 amide bonds. The van der Waals surface area contributed by atoms with Crippen molar-refractivity contribution in [3.05, 3.63) is 16.1 Å². The Hall–Kier alpha value is -0.680. The van der Waals surface area contributed by atoms with Crippen LogP contribution >= 0.6 is 22.9 Å². The Morgan fingerprint density at radius 1 is 1.80 bits per heavy atom. The Morgan fingerprint density at radius 3 is 2.93 bits per heavy atom. The number of hydrogen-bond acceptors (Lipinski definition) is 3. The number of aromatic nitrogens is 1. The summed E-state index contributed by atoms with van der Waals surface area (Å²) in [7, 11) is 0. The highest BCUT2D eigenvalue weighted by atomic mass is 35.5. The van der Waals surface area contributed by atoms with Crippen molar-refractivity contribution < 1.29 is 9.18 Å². The maximum atomic E-state index is 12.3. The van der Waals surface area contributed by atoms with Gasteiger partial charge in [0.2, 0.25) is 0 Å². The zero-order valence-corrected chi connectivity index (χ0v) is 10.0. The highest BCUT2D eigenvalue weighted by Gasteiger charge is 2.15. The highest BCUT2D eigenvalue weighted by Crippen LogP contribution is 2.20. The summed E-state index contributed by atoms with van der Waals surface area (Å²) >= 11 is 6.54. The van der Waals surface area contributed by atoms with Gasteiger partial charge in [0.25, 0.3) is 11.5 Å². The van der Waals surface area contributed by atoms with E-state index in [0.717, 1.165) is 9.88 Å². The summed E-state index contributed by atoms with van der Waals surface area (Å²) in [4.78, 5) is 16.1. The lowest BCUT2D eigenvalue weighted by Gasteiger charge is -2.09. The average molecular weight is 251 g/mol. The van der Waals surface area contributed by atoms with Gasteiger partial charge in [0.1, 0.15) is 0 Å². The van der Waals surface area contributed by atoms with E-state index in [1.54, 1.807) is 17.5 Å². The van der Waals surface area contributed by atoms with Gasteiger partial charge in [-0.25, -0.2) is 9.37 Å². The zero-order valence-electron chi connectivity index (χ0n) is 8.46. The lowest BCUT2D eigenvalue weighted by atomic mass is 10.2. The number of halogens is 2. The van der Waals surface area contributed by atoms with E-state index in [4.69, 9.17) is 11.6 Å². The standard InChI is InChI=1S/C9H12ClFN2OS/c1-5(3-12-8(14)7(10)11)9-13-4-6(2)15-9/h4-5,7H,3H2,1-2H3,(H,12,14). The third-order valence-corrected chi connectivity index (χ3v) is 3.18. The first-order valence-electron chi connectivity index (χ1n) is 4.49. The Labute approximate surface area is 96.7 Å². The monoisotopic (exact) mass is 250 g/mol. The van der Waals surface area contributed by atoms with E-state index in [9.17, 15) is 9.18 Å². The van der Waals surface area contributed by atoms with Gasteiger partial charge < -0.3 is 5.32 Å². The van der Waals surface area contributed by atoms with Gasteiger partial charge in [0.15, 0.2) is 0 Å². The second-order valence-corrected chi connectivity index (χ2v) is 4.91. The molecule has 2 atom stereocenters. The molecule has 0 radical (unpaired) electrons. The predicted molar refractivity (Wildman–Crippen MR) is 59.0 cm³/mol. The maximum Gasteiger partial charge on any atom is 0.270 e. The Balaban J connectivity index is 2.43. The van der Waals surface area contributed by atoms with Gasteiger partial charge in [-0.3, -0.25) is 4.79 Å². The molecule has 0 aliphatic heterocycles. The van der Waals surface area contributed by atoms with Crippen LogP contribution in [0, 0.1) is 6.92 Å². The number of carbonyl (C=O) groups excluding carboxylic acids is 1. The van der Waals surface area contributed by atoms with Gasteiger partial charge in [-0.05, 0) is 6.92 Å². The number of amides is 1. The zero-order chi connectivity index (χ0) is 11.4. The molecule has 0 aliphatic rings. The van der Waals surface area contributed by atoms with E-state index in [0.29, 0.717) is 6.54 Å². The van der Waals surface area contributed by atoms with Crippen LogP contribution in [-0.2, 0) is 4.79 Å². The van der Waals surface area contributed by atoms with Crippen LogP contribution in [0.5, 0.6) is 0 Å². The molecular formula is C9H12ClFN2OS. The molecule has 1 aromatic rings. The maximum absolute atomic E-state index is 12.3. The molecule has 3 nitrogen and oxygen atoms in total. The molecule has 84 valence electrons. The molecule has 0 fully saturated rings. The van der Waals surface area contributed by atoms with Gasteiger partial charge >= 0.3 is 0 Å². The molecule has 0 aromatic carbocycles. The van der Waals surface area contributed by atoms with Gasteiger partial charge in [-0.15, -0.1) is 11.3 Å². The molecule has 0 spiro atoms. The SMILES string of the molecule is Cc1cnc(C(C)CNC(=O)C(F)Cl)s1. The number of carbonyl (C=O) groups is 1. The first-order chi connectivity index (χ1) is 7.00. The van der Waals surface area contributed by atoms with Crippen LogP contribution < -0.4 is 5.32 Å². The minimum absolute atomic E-state index is 0.0723. The lowest BCUT2D eigenvalue weighted by Crippen LogP contribution is -2.31. The number of rotatable bonds is 4. The Morgan fingerprint density at radius 2 is 2.47 bits per heavy atom. The van der Waals surface area contributed by atoms with Crippen LogP contribution in [0.2, 0.25) is 0 Å². The summed E-state index contributed by atoms with van der Waals surface area (Å²) in [5.41, 5.74) is -1.98. The van der Waals surface area contributed by atoms with E-state index >= 15 is 0 Å². The summed E-state index contributed by atoms with van der Waals surface area (Å²) in [6.45, 7) is 4.22. The van der Waals surface area contributed by atoms with Crippen LogP contribution in [0.1, 0.15) is 22.7 Å². The van der Waals surface area contributed by atoms with Crippen LogP contribution in [-0.4, -0.2) is 23.1 Å². The van der Waals surface area contributed by atoms with Crippen molar-refractivity contribution in [2.75, 3.05) is 6.54 Å². The minimum Gasteiger partial charge on any atom is -0.352 e. The number of nitrogens with zero attached hydrogens (tertiary/aromatic N) is 1.